The Labute approximate surface area is 125 Å². The number of aromatic nitrogens is 2. The van der Waals surface area contributed by atoms with E-state index in [4.69, 9.17) is 11.6 Å². The number of rotatable bonds is 5. The predicted octanol–water partition coefficient (Wildman–Crippen LogP) is 2.97. The van der Waals surface area contributed by atoms with E-state index >= 15 is 0 Å². The largest absolute Gasteiger partial charge is 0.327 e. The number of fused-ring (bicyclic) bond motifs is 1. The number of imidazole rings is 1. The minimum Gasteiger partial charge on any atom is -0.327 e. The highest BCUT2D eigenvalue weighted by molar-refractivity contribution is 9.10. The first-order valence-electron chi connectivity index (χ1n) is 5.79. The Balaban J connectivity index is 2.33. The molecule has 0 spiro atoms. The van der Waals surface area contributed by atoms with E-state index in [0.29, 0.717) is 18.8 Å². The molecule has 4 nitrogen and oxygen atoms in total. The van der Waals surface area contributed by atoms with Crippen LogP contribution in [0, 0.1) is 0 Å². The summed E-state index contributed by atoms with van der Waals surface area (Å²) < 4.78 is 25.2. The molecule has 2 rings (SSSR count). The summed E-state index contributed by atoms with van der Waals surface area (Å²) in [5, 5.41) is 0. The molecule has 0 atom stereocenters. The molecule has 0 saturated heterocycles. The average Bonchev–Trinajstić information content (AvgIpc) is 2.68. The molecule has 0 aliphatic heterocycles. The number of hydrogen-bond donors (Lipinski definition) is 0. The van der Waals surface area contributed by atoms with Crippen LogP contribution in [0.25, 0.3) is 11.0 Å². The molecule has 0 radical (unpaired) electrons. The van der Waals surface area contributed by atoms with Crippen LogP contribution in [0.1, 0.15) is 12.2 Å². The van der Waals surface area contributed by atoms with Crippen molar-refractivity contribution in [2.24, 2.45) is 0 Å². The molecule has 0 bridgehead atoms. The molecular weight excluding hydrogens is 352 g/mol. The van der Waals surface area contributed by atoms with Crippen LogP contribution in [0.5, 0.6) is 0 Å². The normalized spacial score (nSPS) is 12.2. The third kappa shape index (κ3) is 3.49. The van der Waals surface area contributed by atoms with Crippen LogP contribution in [0.3, 0.4) is 0 Å². The number of alkyl halides is 1. The number of hydrogen-bond acceptors (Lipinski definition) is 3. The Kier molecular flexibility index (Phi) is 4.53. The zero-order valence-electron chi connectivity index (χ0n) is 10.4. The van der Waals surface area contributed by atoms with E-state index < -0.39 is 9.84 Å². The second-order valence-electron chi connectivity index (χ2n) is 4.40. The maximum atomic E-state index is 11.2. The predicted molar refractivity (Wildman–Crippen MR) is 81.3 cm³/mol. The van der Waals surface area contributed by atoms with E-state index in [0.717, 1.165) is 21.3 Å². The lowest BCUT2D eigenvalue weighted by atomic mass is 10.3. The molecule has 0 unspecified atom stereocenters. The first-order chi connectivity index (χ1) is 8.92. The summed E-state index contributed by atoms with van der Waals surface area (Å²) in [4.78, 5) is 4.48. The zero-order valence-corrected chi connectivity index (χ0v) is 13.6. The van der Waals surface area contributed by atoms with Crippen molar-refractivity contribution in [2.45, 2.75) is 18.8 Å². The topological polar surface area (TPSA) is 52.0 Å². The Hall–Kier alpha value is -0.590. The lowest BCUT2D eigenvalue weighted by molar-refractivity contribution is 0.591. The molecule has 0 fully saturated rings. The maximum absolute atomic E-state index is 11.2. The minimum atomic E-state index is -2.93. The van der Waals surface area contributed by atoms with Gasteiger partial charge in [0.1, 0.15) is 21.2 Å². The maximum Gasteiger partial charge on any atom is 0.147 e. The third-order valence-electron chi connectivity index (χ3n) is 2.83. The van der Waals surface area contributed by atoms with Crippen molar-refractivity contribution in [3.8, 4) is 0 Å². The summed E-state index contributed by atoms with van der Waals surface area (Å²) in [7, 11) is -2.93. The second kappa shape index (κ2) is 5.81. The van der Waals surface area contributed by atoms with Crippen molar-refractivity contribution in [1.82, 2.24) is 9.55 Å². The standard InChI is InChI=1S/C12H14BrClN2O2S/c1-19(17,18)7-3-6-16-10-5-2-4-9(13)12(10)15-11(16)8-14/h2,4-5H,3,6-8H2,1H3. The first-order valence-corrected chi connectivity index (χ1v) is 9.18. The molecule has 1 aromatic heterocycles. The lowest BCUT2D eigenvalue weighted by Crippen LogP contribution is -2.09. The van der Waals surface area contributed by atoms with Gasteiger partial charge in [0, 0.05) is 17.3 Å². The highest BCUT2D eigenvalue weighted by Gasteiger charge is 2.12. The zero-order chi connectivity index (χ0) is 14.0. The van der Waals surface area contributed by atoms with Gasteiger partial charge in [0.15, 0.2) is 0 Å². The molecule has 2 aromatic rings. The molecule has 0 aliphatic rings. The molecule has 1 heterocycles. The summed E-state index contributed by atoms with van der Waals surface area (Å²) in [5.41, 5.74) is 1.83. The summed E-state index contributed by atoms with van der Waals surface area (Å²) in [6.07, 6.45) is 1.80. The number of para-hydroxylation sites is 1. The monoisotopic (exact) mass is 364 g/mol. The lowest BCUT2D eigenvalue weighted by Gasteiger charge is -2.07. The highest BCUT2D eigenvalue weighted by Crippen LogP contribution is 2.25. The SMILES string of the molecule is CS(=O)(=O)CCCn1c(CCl)nc2c(Br)cccc21. The van der Waals surface area contributed by atoms with Gasteiger partial charge in [-0.2, -0.15) is 0 Å². The molecular formula is C12H14BrClN2O2S. The number of halogens is 2. The van der Waals surface area contributed by atoms with Gasteiger partial charge in [-0.05, 0) is 34.5 Å². The van der Waals surface area contributed by atoms with Crippen LogP contribution >= 0.6 is 27.5 Å². The fraction of sp³-hybridized carbons (Fsp3) is 0.417. The Morgan fingerprint density at radius 2 is 2.16 bits per heavy atom. The van der Waals surface area contributed by atoms with Crippen molar-refractivity contribution in [3.05, 3.63) is 28.5 Å². The van der Waals surface area contributed by atoms with Crippen LogP contribution in [-0.2, 0) is 22.3 Å². The van der Waals surface area contributed by atoms with Crippen molar-refractivity contribution in [2.75, 3.05) is 12.0 Å². The number of benzene rings is 1. The third-order valence-corrected chi connectivity index (χ3v) is 4.73. The smallest absolute Gasteiger partial charge is 0.147 e. The van der Waals surface area contributed by atoms with Crippen LogP contribution in [0.2, 0.25) is 0 Å². The molecule has 0 amide bonds. The van der Waals surface area contributed by atoms with Crippen molar-refractivity contribution >= 4 is 48.4 Å². The van der Waals surface area contributed by atoms with Gasteiger partial charge in [0.25, 0.3) is 0 Å². The molecule has 104 valence electrons. The fourth-order valence-electron chi connectivity index (χ4n) is 2.00. The molecule has 0 saturated carbocycles. The van der Waals surface area contributed by atoms with Crippen LogP contribution in [0.15, 0.2) is 22.7 Å². The van der Waals surface area contributed by atoms with Gasteiger partial charge in [-0.15, -0.1) is 11.6 Å². The van der Waals surface area contributed by atoms with E-state index in [1.54, 1.807) is 0 Å². The van der Waals surface area contributed by atoms with E-state index in [-0.39, 0.29) is 5.75 Å². The van der Waals surface area contributed by atoms with E-state index in [9.17, 15) is 8.42 Å². The van der Waals surface area contributed by atoms with E-state index in [1.807, 2.05) is 22.8 Å². The van der Waals surface area contributed by atoms with Gasteiger partial charge in [-0.1, -0.05) is 6.07 Å². The van der Waals surface area contributed by atoms with Crippen molar-refractivity contribution in [3.63, 3.8) is 0 Å². The molecule has 0 N–H and O–H groups in total. The molecule has 0 aliphatic carbocycles. The Bertz CT molecular complexity index is 697. The number of nitrogens with zero attached hydrogens (tertiary/aromatic N) is 2. The van der Waals surface area contributed by atoms with E-state index in [1.165, 1.54) is 6.26 Å². The summed E-state index contributed by atoms with van der Waals surface area (Å²) >= 11 is 9.37. The number of sulfone groups is 1. The summed E-state index contributed by atoms with van der Waals surface area (Å²) in [6, 6.07) is 5.82. The molecule has 1 aromatic carbocycles. The van der Waals surface area contributed by atoms with Gasteiger partial charge in [0.05, 0.1) is 17.1 Å². The molecule has 7 heteroatoms. The average molecular weight is 366 g/mol. The van der Waals surface area contributed by atoms with Crippen LogP contribution in [-0.4, -0.2) is 30.0 Å². The molecule has 19 heavy (non-hydrogen) atoms. The minimum absolute atomic E-state index is 0.169. The van der Waals surface area contributed by atoms with Gasteiger partial charge < -0.3 is 4.57 Å². The van der Waals surface area contributed by atoms with Crippen LogP contribution < -0.4 is 0 Å². The highest BCUT2D eigenvalue weighted by atomic mass is 79.9. The van der Waals surface area contributed by atoms with Gasteiger partial charge in [0.2, 0.25) is 0 Å². The second-order valence-corrected chi connectivity index (χ2v) is 7.79. The quantitative estimate of drug-likeness (QED) is 0.765. The van der Waals surface area contributed by atoms with Crippen molar-refractivity contribution in [1.29, 1.82) is 0 Å². The number of aryl methyl sites for hydroxylation is 1. The van der Waals surface area contributed by atoms with Crippen molar-refractivity contribution < 1.29 is 8.42 Å². The van der Waals surface area contributed by atoms with Crippen LogP contribution in [0.4, 0.5) is 0 Å². The van der Waals surface area contributed by atoms with E-state index in [2.05, 4.69) is 20.9 Å². The van der Waals surface area contributed by atoms with Gasteiger partial charge in [-0.3, -0.25) is 0 Å². The van der Waals surface area contributed by atoms with Gasteiger partial charge >= 0.3 is 0 Å². The summed E-state index contributed by atoms with van der Waals surface area (Å²) in [5.74, 6) is 1.24. The summed E-state index contributed by atoms with van der Waals surface area (Å²) in [6.45, 7) is 0.599. The van der Waals surface area contributed by atoms with Gasteiger partial charge in [-0.25, -0.2) is 13.4 Å². The Morgan fingerprint density at radius 3 is 2.79 bits per heavy atom. The Morgan fingerprint density at radius 1 is 1.42 bits per heavy atom. The first kappa shape index (κ1) is 14.8. The fourth-order valence-corrected chi connectivity index (χ4v) is 3.30.